The summed E-state index contributed by atoms with van der Waals surface area (Å²) in [6, 6.07) is 10.2. The molecular weight excluding hydrogens is 390 g/mol. The second-order valence-electron chi connectivity index (χ2n) is 4.03. The van der Waals surface area contributed by atoms with Gasteiger partial charge in [0.25, 0.3) is 0 Å². The number of rotatable bonds is 6. The monoisotopic (exact) mass is 403 g/mol. The first-order chi connectivity index (χ1) is 9.19. The molecule has 1 aromatic heterocycles. The maximum Gasteiger partial charge on any atom is 0.122 e. The van der Waals surface area contributed by atoms with Crippen molar-refractivity contribution in [3.05, 3.63) is 49.0 Å². The van der Waals surface area contributed by atoms with Crippen LogP contribution >= 0.6 is 43.2 Å². The molecule has 0 saturated heterocycles. The SMILES string of the molecule is CCNCc1cc(OCc2ccc(Br)s2)ccc1Br. The lowest BCUT2D eigenvalue weighted by molar-refractivity contribution is 0.309. The zero-order valence-electron chi connectivity index (χ0n) is 10.6. The molecule has 0 bridgehead atoms. The summed E-state index contributed by atoms with van der Waals surface area (Å²) >= 11 is 8.72. The highest BCUT2D eigenvalue weighted by molar-refractivity contribution is 9.11. The molecule has 1 aromatic carbocycles. The van der Waals surface area contributed by atoms with Crippen LogP contribution < -0.4 is 10.1 Å². The van der Waals surface area contributed by atoms with Gasteiger partial charge in [-0.3, -0.25) is 0 Å². The van der Waals surface area contributed by atoms with Gasteiger partial charge in [-0.1, -0.05) is 22.9 Å². The van der Waals surface area contributed by atoms with Gasteiger partial charge in [-0.25, -0.2) is 0 Å². The van der Waals surface area contributed by atoms with E-state index in [9.17, 15) is 0 Å². The third-order valence-corrected chi connectivity index (χ3v) is 4.96. The Morgan fingerprint density at radius 1 is 1.21 bits per heavy atom. The van der Waals surface area contributed by atoms with Crippen molar-refractivity contribution in [1.82, 2.24) is 5.32 Å². The highest BCUT2D eigenvalue weighted by Crippen LogP contribution is 2.26. The molecular formula is C14H15Br2NOS. The predicted octanol–water partition coefficient (Wildman–Crippen LogP) is 4.96. The first kappa shape index (κ1) is 15.0. The molecule has 5 heteroatoms. The Bertz CT molecular complexity index is 542. The van der Waals surface area contributed by atoms with Gasteiger partial charge < -0.3 is 10.1 Å². The van der Waals surface area contributed by atoms with E-state index >= 15 is 0 Å². The maximum absolute atomic E-state index is 5.82. The van der Waals surface area contributed by atoms with Gasteiger partial charge in [0, 0.05) is 15.9 Å². The lowest BCUT2D eigenvalue weighted by Crippen LogP contribution is -2.12. The molecule has 0 aliphatic heterocycles. The number of ether oxygens (including phenoxy) is 1. The molecule has 0 saturated carbocycles. The second-order valence-corrected chi connectivity index (χ2v) is 7.43. The third-order valence-electron chi connectivity index (χ3n) is 2.59. The summed E-state index contributed by atoms with van der Waals surface area (Å²) < 4.78 is 8.07. The topological polar surface area (TPSA) is 21.3 Å². The molecule has 102 valence electrons. The normalized spacial score (nSPS) is 10.7. The summed E-state index contributed by atoms with van der Waals surface area (Å²) in [5.74, 6) is 0.903. The number of nitrogens with one attached hydrogen (secondary N) is 1. The van der Waals surface area contributed by atoms with Crippen LogP contribution in [0.3, 0.4) is 0 Å². The highest BCUT2D eigenvalue weighted by atomic mass is 79.9. The molecule has 2 nitrogen and oxygen atoms in total. The van der Waals surface area contributed by atoms with E-state index in [1.807, 2.05) is 18.2 Å². The van der Waals surface area contributed by atoms with Crippen LogP contribution in [0.1, 0.15) is 17.4 Å². The minimum absolute atomic E-state index is 0.610. The summed E-state index contributed by atoms with van der Waals surface area (Å²) in [5.41, 5.74) is 1.21. The van der Waals surface area contributed by atoms with Crippen LogP contribution in [-0.4, -0.2) is 6.54 Å². The summed E-state index contributed by atoms with van der Waals surface area (Å²) in [5, 5.41) is 3.32. The van der Waals surface area contributed by atoms with E-state index in [4.69, 9.17) is 4.74 Å². The van der Waals surface area contributed by atoms with Crippen molar-refractivity contribution in [2.45, 2.75) is 20.1 Å². The standard InChI is InChI=1S/C14H15Br2NOS/c1-2-17-8-10-7-11(3-5-13(10)15)18-9-12-4-6-14(16)19-12/h3-7,17H,2,8-9H2,1H3. The zero-order chi connectivity index (χ0) is 13.7. The van der Waals surface area contributed by atoms with Crippen LogP contribution in [0.25, 0.3) is 0 Å². The molecule has 2 aromatic rings. The first-order valence-corrected chi connectivity index (χ1v) is 8.45. The average Bonchev–Trinajstić information content (AvgIpc) is 2.82. The fourth-order valence-corrected chi connectivity index (χ4v) is 3.40. The van der Waals surface area contributed by atoms with Gasteiger partial charge in [0.2, 0.25) is 0 Å². The molecule has 0 aliphatic rings. The van der Waals surface area contributed by atoms with Crippen molar-refractivity contribution < 1.29 is 4.74 Å². The smallest absolute Gasteiger partial charge is 0.122 e. The summed E-state index contributed by atoms with van der Waals surface area (Å²) in [4.78, 5) is 1.21. The second kappa shape index (κ2) is 7.43. The number of thiophene rings is 1. The fourth-order valence-electron chi connectivity index (χ4n) is 1.62. The van der Waals surface area contributed by atoms with E-state index in [0.29, 0.717) is 6.61 Å². The van der Waals surface area contributed by atoms with E-state index in [-0.39, 0.29) is 0 Å². The van der Waals surface area contributed by atoms with Crippen LogP contribution in [0.4, 0.5) is 0 Å². The Kier molecular flexibility index (Phi) is 5.88. The Labute approximate surface area is 134 Å². The minimum Gasteiger partial charge on any atom is -0.488 e. The van der Waals surface area contributed by atoms with Crippen molar-refractivity contribution in [3.8, 4) is 5.75 Å². The van der Waals surface area contributed by atoms with E-state index in [1.165, 1.54) is 10.4 Å². The highest BCUT2D eigenvalue weighted by Gasteiger charge is 2.04. The molecule has 1 heterocycles. The van der Waals surface area contributed by atoms with E-state index < -0.39 is 0 Å². The lowest BCUT2D eigenvalue weighted by Gasteiger charge is -2.09. The first-order valence-electron chi connectivity index (χ1n) is 6.05. The largest absolute Gasteiger partial charge is 0.488 e. The van der Waals surface area contributed by atoms with E-state index in [2.05, 4.69) is 56.2 Å². The van der Waals surface area contributed by atoms with E-state index in [1.54, 1.807) is 11.3 Å². The molecule has 19 heavy (non-hydrogen) atoms. The van der Waals surface area contributed by atoms with Gasteiger partial charge in [-0.2, -0.15) is 0 Å². The van der Waals surface area contributed by atoms with Crippen molar-refractivity contribution in [3.63, 3.8) is 0 Å². The Morgan fingerprint density at radius 2 is 2.05 bits per heavy atom. The maximum atomic E-state index is 5.82. The molecule has 0 aliphatic carbocycles. The van der Waals surface area contributed by atoms with Crippen LogP contribution in [0.15, 0.2) is 38.6 Å². The minimum atomic E-state index is 0.610. The van der Waals surface area contributed by atoms with Gasteiger partial charge in [0.05, 0.1) is 3.79 Å². The molecule has 0 unspecified atom stereocenters. The van der Waals surface area contributed by atoms with E-state index in [0.717, 1.165) is 27.1 Å². The molecule has 0 fully saturated rings. The predicted molar refractivity (Wildman–Crippen MR) is 87.9 cm³/mol. The van der Waals surface area contributed by atoms with Crippen molar-refractivity contribution in [2.24, 2.45) is 0 Å². The number of hydrogen-bond acceptors (Lipinski definition) is 3. The lowest BCUT2D eigenvalue weighted by atomic mass is 10.2. The summed E-state index contributed by atoms with van der Waals surface area (Å²) in [6.07, 6.45) is 0. The van der Waals surface area contributed by atoms with Crippen LogP contribution in [0.2, 0.25) is 0 Å². The fraction of sp³-hybridized carbons (Fsp3) is 0.286. The van der Waals surface area contributed by atoms with Crippen molar-refractivity contribution in [1.29, 1.82) is 0 Å². The molecule has 1 N–H and O–H groups in total. The number of benzene rings is 1. The third kappa shape index (κ3) is 4.60. The van der Waals surface area contributed by atoms with Crippen LogP contribution in [0.5, 0.6) is 5.75 Å². The van der Waals surface area contributed by atoms with Crippen molar-refractivity contribution >= 4 is 43.2 Å². The van der Waals surface area contributed by atoms with Crippen LogP contribution in [-0.2, 0) is 13.2 Å². The molecule has 0 spiro atoms. The van der Waals surface area contributed by atoms with Gasteiger partial charge in [0.15, 0.2) is 0 Å². The molecule has 0 radical (unpaired) electrons. The summed E-state index contributed by atoms with van der Waals surface area (Å²) in [6.45, 7) is 4.51. The number of halogens is 2. The Balaban J connectivity index is 2.00. The quantitative estimate of drug-likeness (QED) is 0.734. The van der Waals surface area contributed by atoms with Gasteiger partial charge in [-0.05, 0) is 58.4 Å². The number of hydrogen-bond donors (Lipinski definition) is 1. The zero-order valence-corrected chi connectivity index (χ0v) is 14.6. The molecule has 0 amide bonds. The molecule has 2 rings (SSSR count). The van der Waals surface area contributed by atoms with Gasteiger partial charge >= 0.3 is 0 Å². The Hall–Kier alpha value is -0.360. The van der Waals surface area contributed by atoms with Crippen molar-refractivity contribution in [2.75, 3.05) is 6.54 Å². The average molecular weight is 405 g/mol. The molecule has 0 atom stereocenters. The van der Waals surface area contributed by atoms with Gasteiger partial charge in [-0.15, -0.1) is 11.3 Å². The van der Waals surface area contributed by atoms with Crippen LogP contribution in [0, 0.1) is 0 Å². The van der Waals surface area contributed by atoms with Gasteiger partial charge in [0.1, 0.15) is 12.4 Å². The summed E-state index contributed by atoms with van der Waals surface area (Å²) in [7, 11) is 0. The Morgan fingerprint density at radius 3 is 2.74 bits per heavy atom.